The first-order valence-corrected chi connectivity index (χ1v) is 8.73. The van der Waals surface area contributed by atoms with E-state index in [0.29, 0.717) is 6.04 Å². The number of nitrogens with zero attached hydrogens (tertiary/aromatic N) is 1. The average Bonchev–Trinajstić information content (AvgIpc) is 3.02. The van der Waals surface area contributed by atoms with Gasteiger partial charge in [0.1, 0.15) is 0 Å². The molecule has 1 atom stereocenters. The number of nitrogens with one attached hydrogen (secondary N) is 1. The lowest BCUT2D eigenvalue weighted by molar-refractivity contribution is 0.216. The topological polar surface area (TPSA) is 15.3 Å². The van der Waals surface area contributed by atoms with Crippen LogP contribution in [0.4, 0.5) is 0 Å². The summed E-state index contributed by atoms with van der Waals surface area (Å²) in [6.07, 6.45) is 0. The van der Waals surface area contributed by atoms with Gasteiger partial charge in [-0.15, -0.1) is 11.3 Å². The highest BCUT2D eigenvalue weighted by atomic mass is 35.5. The zero-order chi connectivity index (χ0) is 15.1. The lowest BCUT2D eigenvalue weighted by Gasteiger charge is -2.29. The fourth-order valence-corrected chi connectivity index (χ4v) is 3.50. The third kappa shape index (κ3) is 4.82. The van der Waals surface area contributed by atoms with Crippen LogP contribution in [0.3, 0.4) is 0 Å². The molecule has 4 heteroatoms. The smallest absolute Gasteiger partial charge is 0.0566 e. The summed E-state index contributed by atoms with van der Waals surface area (Å²) in [5.74, 6) is 0. The Morgan fingerprint density at radius 2 is 1.86 bits per heavy atom. The van der Waals surface area contributed by atoms with Crippen LogP contribution in [0.5, 0.6) is 0 Å². The predicted molar refractivity (Wildman–Crippen MR) is 93.1 cm³/mol. The Kier molecular flexibility index (Phi) is 6.71. The Balaban J connectivity index is 1.94. The Morgan fingerprint density at radius 1 is 1.14 bits per heavy atom. The molecule has 1 N–H and O–H groups in total. The molecule has 1 heterocycles. The van der Waals surface area contributed by atoms with E-state index in [1.54, 1.807) is 0 Å². The zero-order valence-electron chi connectivity index (χ0n) is 12.7. The molecule has 1 aromatic heterocycles. The van der Waals surface area contributed by atoms with Crippen LogP contribution < -0.4 is 5.32 Å². The van der Waals surface area contributed by atoms with Crippen LogP contribution in [-0.4, -0.2) is 24.5 Å². The van der Waals surface area contributed by atoms with Gasteiger partial charge in [-0.05, 0) is 42.2 Å². The number of likely N-dealkylation sites (N-methyl/N-ethyl adjacent to an activating group) is 1. The van der Waals surface area contributed by atoms with Crippen molar-refractivity contribution in [3.05, 3.63) is 57.2 Å². The Hall–Kier alpha value is -0.870. The molecule has 2 aromatic rings. The van der Waals surface area contributed by atoms with Gasteiger partial charge >= 0.3 is 0 Å². The van der Waals surface area contributed by atoms with E-state index in [1.807, 2.05) is 23.5 Å². The highest BCUT2D eigenvalue weighted by molar-refractivity contribution is 7.10. The van der Waals surface area contributed by atoms with Gasteiger partial charge in [-0.25, -0.2) is 0 Å². The number of rotatable bonds is 8. The van der Waals surface area contributed by atoms with Crippen molar-refractivity contribution < 1.29 is 0 Å². The van der Waals surface area contributed by atoms with Gasteiger partial charge in [0.2, 0.25) is 0 Å². The monoisotopic (exact) mass is 322 g/mol. The van der Waals surface area contributed by atoms with E-state index in [1.165, 1.54) is 10.4 Å². The molecule has 0 aliphatic carbocycles. The van der Waals surface area contributed by atoms with Gasteiger partial charge in [-0.2, -0.15) is 0 Å². The quantitative estimate of drug-likeness (QED) is 0.765. The largest absolute Gasteiger partial charge is 0.311 e. The molecular formula is C17H23ClN2S. The van der Waals surface area contributed by atoms with Crippen LogP contribution in [0.25, 0.3) is 0 Å². The Bertz CT molecular complexity index is 506. The zero-order valence-corrected chi connectivity index (χ0v) is 14.3. The summed E-state index contributed by atoms with van der Waals surface area (Å²) in [6.45, 7) is 8.43. The maximum atomic E-state index is 5.92. The van der Waals surface area contributed by atoms with Crippen molar-refractivity contribution in [2.45, 2.75) is 26.4 Å². The van der Waals surface area contributed by atoms with E-state index in [4.69, 9.17) is 11.6 Å². The van der Waals surface area contributed by atoms with E-state index in [-0.39, 0.29) is 0 Å². The van der Waals surface area contributed by atoms with Crippen molar-refractivity contribution in [2.24, 2.45) is 0 Å². The van der Waals surface area contributed by atoms with Crippen LogP contribution >= 0.6 is 22.9 Å². The van der Waals surface area contributed by atoms with Crippen LogP contribution in [0.1, 0.15) is 30.3 Å². The second-order valence-corrected chi connectivity index (χ2v) is 6.43. The molecule has 0 fully saturated rings. The van der Waals surface area contributed by atoms with Gasteiger partial charge in [0.05, 0.1) is 6.04 Å². The molecule has 0 aliphatic rings. The van der Waals surface area contributed by atoms with E-state index in [2.05, 4.69) is 53.7 Å². The number of benzene rings is 1. The van der Waals surface area contributed by atoms with Crippen LogP contribution in [0.15, 0.2) is 41.8 Å². The minimum Gasteiger partial charge on any atom is -0.311 e. The highest BCUT2D eigenvalue weighted by Gasteiger charge is 2.18. The SMILES string of the molecule is CCN(CC)C(CNCc1ccc(Cl)cc1)c1cccs1. The fraction of sp³-hybridized carbons (Fsp3) is 0.412. The Morgan fingerprint density at radius 3 is 2.43 bits per heavy atom. The molecule has 0 aliphatic heterocycles. The van der Waals surface area contributed by atoms with Crippen molar-refractivity contribution >= 4 is 22.9 Å². The first kappa shape index (κ1) is 16.5. The van der Waals surface area contributed by atoms with Crippen molar-refractivity contribution in [2.75, 3.05) is 19.6 Å². The van der Waals surface area contributed by atoms with E-state index >= 15 is 0 Å². The lowest BCUT2D eigenvalue weighted by Crippen LogP contribution is -2.35. The minimum atomic E-state index is 0.451. The summed E-state index contributed by atoms with van der Waals surface area (Å²) in [5.41, 5.74) is 1.27. The van der Waals surface area contributed by atoms with Gasteiger partial charge in [-0.1, -0.05) is 43.6 Å². The van der Waals surface area contributed by atoms with Gasteiger partial charge in [0, 0.05) is 23.0 Å². The molecular weight excluding hydrogens is 300 g/mol. The van der Waals surface area contributed by atoms with Crippen molar-refractivity contribution in [3.63, 3.8) is 0 Å². The fourth-order valence-electron chi connectivity index (χ4n) is 2.51. The summed E-state index contributed by atoms with van der Waals surface area (Å²) >= 11 is 7.76. The molecule has 0 amide bonds. The average molecular weight is 323 g/mol. The summed E-state index contributed by atoms with van der Waals surface area (Å²) in [7, 11) is 0. The molecule has 0 saturated heterocycles. The molecule has 2 rings (SSSR count). The highest BCUT2D eigenvalue weighted by Crippen LogP contribution is 2.24. The summed E-state index contributed by atoms with van der Waals surface area (Å²) in [5, 5.41) is 6.53. The number of halogens is 1. The van der Waals surface area contributed by atoms with E-state index in [0.717, 1.165) is 31.2 Å². The molecule has 21 heavy (non-hydrogen) atoms. The van der Waals surface area contributed by atoms with Crippen molar-refractivity contribution in [1.29, 1.82) is 0 Å². The van der Waals surface area contributed by atoms with Gasteiger partial charge < -0.3 is 5.32 Å². The predicted octanol–water partition coefficient (Wildman–Crippen LogP) is 4.57. The van der Waals surface area contributed by atoms with Gasteiger partial charge in [0.25, 0.3) is 0 Å². The van der Waals surface area contributed by atoms with Crippen LogP contribution in [0, 0.1) is 0 Å². The molecule has 114 valence electrons. The molecule has 0 spiro atoms. The maximum absolute atomic E-state index is 5.92. The number of hydrogen-bond donors (Lipinski definition) is 1. The number of hydrogen-bond acceptors (Lipinski definition) is 3. The van der Waals surface area contributed by atoms with Gasteiger partial charge in [0.15, 0.2) is 0 Å². The normalized spacial score (nSPS) is 12.8. The third-order valence-electron chi connectivity index (χ3n) is 3.70. The van der Waals surface area contributed by atoms with Crippen molar-refractivity contribution in [3.8, 4) is 0 Å². The first-order valence-electron chi connectivity index (χ1n) is 7.47. The maximum Gasteiger partial charge on any atom is 0.0566 e. The molecule has 1 unspecified atom stereocenters. The second kappa shape index (κ2) is 8.54. The molecule has 0 bridgehead atoms. The van der Waals surface area contributed by atoms with E-state index in [9.17, 15) is 0 Å². The van der Waals surface area contributed by atoms with Gasteiger partial charge in [-0.3, -0.25) is 4.90 Å². The minimum absolute atomic E-state index is 0.451. The van der Waals surface area contributed by atoms with Crippen molar-refractivity contribution in [1.82, 2.24) is 10.2 Å². The van der Waals surface area contributed by atoms with Crippen LogP contribution in [0.2, 0.25) is 5.02 Å². The third-order valence-corrected chi connectivity index (χ3v) is 4.93. The molecule has 0 saturated carbocycles. The van der Waals surface area contributed by atoms with E-state index < -0.39 is 0 Å². The summed E-state index contributed by atoms with van der Waals surface area (Å²) in [4.78, 5) is 3.93. The number of thiophene rings is 1. The second-order valence-electron chi connectivity index (χ2n) is 5.01. The Labute approximate surface area is 136 Å². The molecule has 0 radical (unpaired) electrons. The summed E-state index contributed by atoms with van der Waals surface area (Å²) < 4.78 is 0. The molecule has 2 nitrogen and oxygen atoms in total. The molecule has 1 aromatic carbocycles. The standard InChI is InChI=1S/C17H23ClN2S/c1-3-20(4-2)16(17-6-5-11-21-17)13-19-12-14-7-9-15(18)10-8-14/h5-11,16,19H,3-4,12-13H2,1-2H3. The lowest BCUT2D eigenvalue weighted by atomic mass is 10.2. The first-order chi connectivity index (χ1) is 10.2. The summed E-state index contributed by atoms with van der Waals surface area (Å²) in [6, 6.07) is 12.9. The van der Waals surface area contributed by atoms with Crippen LogP contribution in [-0.2, 0) is 6.54 Å².